The minimum atomic E-state index is -1.34. The van der Waals surface area contributed by atoms with Gasteiger partial charge in [-0.2, -0.15) is 0 Å². The maximum Gasteiger partial charge on any atom is 0.410 e. The van der Waals surface area contributed by atoms with Gasteiger partial charge >= 0.3 is 6.09 Å². The molecular weight excluding hydrogens is 374 g/mol. The quantitative estimate of drug-likeness (QED) is 0.664. The molecule has 1 saturated heterocycles. The molecule has 1 aromatic rings. The van der Waals surface area contributed by atoms with Gasteiger partial charge in [0.15, 0.2) is 0 Å². The molecule has 1 aromatic heterocycles. The Labute approximate surface area is 171 Å². The van der Waals surface area contributed by atoms with Gasteiger partial charge in [0.25, 0.3) is 0 Å². The number of ether oxygens (including phenoxy) is 1. The summed E-state index contributed by atoms with van der Waals surface area (Å²) in [5.41, 5.74) is 2.20. The second-order valence-electron chi connectivity index (χ2n) is 9.72. The number of carbonyl (C=O) groups is 1. The molecule has 1 aliphatic carbocycles. The lowest BCUT2D eigenvalue weighted by Gasteiger charge is -2.39. The van der Waals surface area contributed by atoms with Crippen molar-refractivity contribution in [2.24, 2.45) is 9.81 Å². The second kappa shape index (κ2) is 7.34. The summed E-state index contributed by atoms with van der Waals surface area (Å²) in [7, 11) is 0. The van der Waals surface area contributed by atoms with Crippen LogP contribution in [0.1, 0.15) is 65.6 Å². The van der Waals surface area contributed by atoms with Crippen LogP contribution in [0.5, 0.6) is 0 Å². The Morgan fingerprint density at radius 3 is 2.46 bits per heavy atom. The Hall–Kier alpha value is -1.60. The Morgan fingerprint density at radius 2 is 1.89 bits per heavy atom. The van der Waals surface area contributed by atoms with Crippen LogP contribution in [-0.4, -0.2) is 49.7 Å². The lowest BCUT2D eigenvalue weighted by atomic mass is 9.75. The number of piperidine rings is 1. The van der Waals surface area contributed by atoms with Crippen molar-refractivity contribution in [1.82, 2.24) is 9.88 Å². The third kappa shape index (κ3) is 4.35. The molecule has 0 bridgehead atoms. The van der Waals surface area contributed by atoms with Crippen molar-refractivity contribution in [1.29, 1.82) is 0 Å². The van der Waals surface area contributed by atoms with Crippen molar-refractivity contribution >= 4 is 23.2 Å². The van der Waals surface area contributed by atoms with E-state index in [1.165, 1.54) is 0 Å². The van der Waals surface area contributed by atoms with E-state index in [-0.39, 0.29) is 11.5 Å². The SMILES string of the molecule is CC(C)(C)OC(=O)N1CCC2(CC1)Cc1ncccc1/C2=N\[S+]([O-])C(C)(C)C. The first kappa shape index (κ1) is 21.1. The highest BCUT2D eigenvalue weighted by atomic mass is 32.2. The number of pyridine rings is 1. The molecule has 7 heteroatoms. The van der Waals surface area contributed by atoms with Crippen LogP contribution in [0.3, 0.4) is 0 Å². The molecule has 6 nitrogen and oxygen atoms in total. The average Bonchev–Trinajstić information content (AvgIpc) is 2.86. The molecule has 1 spiro atoms. The van der Waals surface area contributed by atoms with Gasteiger partial charge in [-0.05, 0) is 66.5 Å². The van der Waals surface area contributed by atoms with Crippen molar-refractivity contribution in [2.45, 2.75) is 71.2 Å². The van der Waals surface area contributed by atoms with Gasteiger partial charge < -0.3 is 14.2 Å². The van der Waals surface area contributed by atoms with E-state index < -0.39 is 21.7 Å². The van der Waals surface area contributed by atoms with Crippen LogP contribution < -0.4 is 0 Å². The summed E-state index contributed by atoms with van der Waals surface area (Å²) >= 11 is -1.34. The fraction of sp³-hybridized carbons (Fsp3) is 0.667. The number of likely N-dealkylation sites (tertiary alicyclic amines) is 1. The van der Waals surface area contributed by atoms with Gasteiger partial charge in [0, 0.05) is 36.7 Å². The number of carbonyl (C=O) groups excluding carboxylic acids is 1. The van der Waals surface area contributed by atoms with E-state index in [0.29, 0.717) is 13.1 Å². The summed E-state index contributed by atoms with van der Waals surface area (Å²) in [4.78, 5) is 18.8. The van der Waals surface area contributed by atoms with E-state index in [1.807, 2.05) is 53.7 Å². The number of aromatic nitrogens is 1. The van der Waals surface area contributed by atoms with E-state index in [2.05, 4.69) is 4.98 Å². The Balaban J connectivity index is 1.85. The first-order chi connectivity index (χ1) is 12.9. The molecule has 28 heavy (non-hydrogen) atoms. The predicted molar refractivity (Wildman–Crippen MR) is 112 cm³/mol. The van der Waals surface area contributed by atoms with E-state index in [9.17, 15) is 9.35 Å². The zero-order valence-corrected chi connectivity index (χ0v) is 18.6. The second-order valence-corrected chi connectivity index (χ2v) is 11.6. The Morgan fingerprint density at radius 1 is 1.25 bits per heavy atom. The van der Waals surface area contributed by atoms with E-state index in [1.54, 1.807) is 11.1 Å². The van der Waals surface area contributed by atoms with Crippen LogP contribution >= 0.6 is 0 Å². The number of hydrogen-bond acceptors (Lipinski definition) is 5. The molecule has 0 radical (unpaired) electrons. The van der Waals surface area contributed by atoms with Crippen LogP contribution in [0.4, 0.5) is 4.79 Å². The smallest absolute Gasteiger partial charge is 0.410 e. The number of hydrogen-bond donors (Lipinski definition) is 0. The standard InChI is InChI=1S/C21H31N3O3S/c1-19(2,3)27-18(25)24-12-9-21(10-13-24)14-16-15(8-7-11-22-16)17(21)23-28(26)20(4,5)6/h7-8,11H,9-10,12-14H2,1-6H3/b23-17+. The van der Waals surface area contributed by atoms with Crippen LogP contribution in [-0.2, 0) is 22.5 Å². The molecular formula is C21H31N3O3S. The Kier molecular flexibility index (Phi) is 5.53. The van der Waals surface area contributed by atoms with Crippen molar-refractivity contribution in [2.75, 3.05) is 13.1 Å². The topological polar surface area (TPSA) is 77.8 Å². The molecule has 1 fully saturated rings. The average molecular weight is 406 g/mol. The molecule has 0 N–H and O–H groups in total. The van der Waals surface area contributed by atoms with Gasteiger partial charge in [-0.25, -0.2) is 4.79 Å². The summed E-state index contributed by atoms with van der Waals surface area (Å²) in [5.74, 6) is 0. The molecule has 2 aliphatic rings. The summed E-state index contributed by atoms with van der Waals surface area (Å²) in [6.07, 6.45) is 3.84. The molecule has 2 heterocycles. The number of rotatable bonds is 1. The van der Waals surface area contributed by atoms with E-state index in [0.717, 1.165) is 36.2 Å². The zero-order valence-electron chi connectivity index (χ0n) is 17.7. The summed E-state index contributed by atoms with van der Waals surface area (Å²) in [6.45, 7) is 12.6. The van der Waals surface area contributed by atoms with Crippen LogP contribution in [0.2, 0.25) is 0 Å². The van der Waals surface area contributed by atoms with Gasteiger partial charge in [0.05, 0.1) is 5.69 Å². The third-order valence-corrected chi connectivity index (χ3v) is 6.62. The molecule has 154 valence electrons. The number of nitrogens with zero attached hydrogens (tertiary/aromatic N) is 3. The summed E-state index contributed by atoms with van der Waals surface area (Å²) in [5, 5.41) is 0. The molecule has 0 saturated carbocycles. The molecule has 1 aliphatic heterocycles. The lowest BCUT2D eigenvalue weighted by Crippen LogP contribution is -2.47. The summed E-state index contributed by atoms with van der Waals surface area (Å²) in [6, 6.07) is 3.93. The highest BCUT2D eigenvalue weighted by molar-refractivity contribution is 7.91. The maximum absolute atomic E-state index is 12.8. The molecule has 0 aromatic carbocycles. The van der Waals surface area contributed by atoms with E-state index in [4.69, 9.17) is 9.13 Å². The van der Waals surface area contributed by atoms with Gasteiger partial charge in [0.1, 0.15) is 27.4 Å². The van der Waals surface area contributed by atoms with Crippen LogP contribution in [0.25, 0.3) is 0 Å². The molecule has 1 atom stereocenters. The van der Waals surface area contributed by atoms with Crippen molar-refractivity contribution in [3.63, 3.8) is 0 Å². The highest BCUT2D eigenvalue weighted by Gasteiger charge is 2.49. The summed E-state index contributed by atoms with van der Waals surface area (Å²) < 4.78 is 22.6. The lowest BCUT2D eigenvalue weighted by molar-refractivity contribution is 0.0159. The normalized spacial score (nSPS) is 21.7. The van der Waals surface area contributed by atoms with Crippen molar-refractivity contribution in [3.05, 3.63) is 29.6 Å². The van der Waals surface area contributed by atoms with Gasteiger partial charge in [-0.1, -0.05) is 4.40 Å². The predicted octanol–water partition coefficient (Wildman–Crippen LogP) is 3.91. The van der Waals surface area contributed by atoms with Crippen LogP contribution in [0, 0.1) is 5.41 Å². The number of amides is 1. The fourth-order valence-electron chi connectivity index (χ4n) is 3.71. The van der Waals surface area contributed by atoms with Crippen LogP contribution in [0.15, 0.2) is 22.7 Å². The van der Waals surface area contributed by atoms with E-state index >= 15 is 0 Å². The Bertz CT molecular complexity index is 772. The molecule has 1 unspecified atom stereocenters. The van der Waals surface area contributed by atoms with Gasteiger partial charge in [-0.3, -0.25) is 4.98 Å². The first-order valence-electron chi connectivity index (χ1n) is 9.85. The fourth-order valence-corrected chi connectivity index (χ4v) is 4.44. The largest absolute Gasteiger partial charge is 0.591 e. The number of fused-ring (bicyclic) bond motifs is 1. The van der Waals surface area contributed by atoms with Crippen molar-refractivity contribution in [3.8, 4) is 0 Å². The first-order valence-corrected chi connectivity index (χ1v) is 11.0. The minimum Gasteiger partial charge on any atom is -0.591 e. The minimum absolute atomic E-state index is 0.212. The monoisotopic (exact) mass is 405 g/mol. The molecule has 3 rings (SSSR count). The van der Waals surface area contributed by atoms with Gasteiger partial charge in [0.2, 0.25) is 0 Å². The maximum atomic E-state index is 12.8. The van der Waals surface area contributed by atoms with Gasteiger partial charge in [-0.15, -0.1) is 0 Å². The van der Waals surface area contributed by atoms with Crippen molar-refractivity contribution < 1.29 is 14.1 Å². The third-order valence-electron chi connectivity index (χ3n) is 5.22. The molecule has 1 amide bonds. The highest BCUT2D eigenvalue weighted by Crippen LogP contribution is 2.45. The zero-order chi connectivity index (χ0) is 20.7.